The molecule has 0 N–H and O–H groups in total. The fourth-order valence-electron chi connectivity index (χ4n) is 1.74. The highest BCUT2D eigenvalue weighted by Crippen LogP contribution is 2.33. The summed E-state index contributed by atoms with van der Waals surface area (Å²) in [6, 6.07) is 5.87. The second kappa shape index (κ2) is 6.00. The first kappa shape index (κ1) is 14.4. The standard InChI is InChI=1S/C14H12N2O5/c1-9-5-10(8-17)7-15-14(9)21-11-3-4-13(20-2)12(6-11)16(18)19/h3-8H,1-2H3. The van der Waals surface area contributed by atoms with Crippen molar-refractivity contribution in [2.24, 2.45) is 0 Å². The molecule has 7 heteroatoms. The topological polar surface area (TPSA) is 91.6 Å². The average molecular weight is 288 g/mol. The summed E-state index contributed by atoms with van der Waals surface area (Å²) in [4.78, 5) is 25.1. The molecule has 0 amide bonds. The highest BCUT2D eigenvalue weighted by molar-refractivity contribution is 5.74. The number of aldehydes is 1. The zero-order valence-corrected chi connectivity index (χ0v) is 11.4. The Kier molecular flexibility index (Phi) is 4.13. The average Bonchev–Trinajstić information content (AvgIpc) is 2.49. The zero-order chi connectivity index (χ0) is 15.4. The number of aryl methyl sites for hydroxylation is 1. The molecule has 0 saturated carbocycles. The molecule has 0 fully saturated rings. The maximum absolute atomic E-state index is 11.0. The Hall–Kier alpha value is -2.96. The first-order chi connectivity index (χ1) is 10.0. The molecule has 21 heavy (non-hydrogen) atoms. The van der Waals surface area contributed by atoms with E-state index in [2.05, 4.69) is 4.98 Å². The predicted octanol–water partition coefficient (Wildman–Crippen LogP) is 2.91. The number of aromatic nitrogens is 1. The first-order valence-corrected chi connectivity index (χ1v) is 5.97. The Balaban J connectivity index is 2.33. The Labute approximate surface area is 120 Å². The number of methoxy groups -OCH3 is 1. The number of benzene rings is 1. The molecule has 1 aromatic heterocycles. The van der Waals surface area contributed by atoms with Crippen molar-refractivity contribution in [3.63, 3.8) is 0 Å². The van der Waals surface area contributed by atoms with Gasteiger partial charge in [-0.25, -0.2) is 4.98 Å². The fourth-order valence-corrected chi connectivity index (χ4v) is 1.74. The van der Waals surface area contributed by atoms with E-state index in [0.29, 0.717) is 17.4 Å². The van der Waals surface area contributed by atoms with Crippen LogP contribution in [0.4, 0.5) is 5.69 Å². The van der Waals surface area contributed by atoms with Gasteiger partial charge in [-0.05, 0) is 25.1 Å². The molecule has 0 radical (unpaired) electrons. The van der Waals surface area contributed by atoms with Crippen molar-refractivity contribution in [2.75, 3.05) is 7.11 Å². The normalized spacial score (nSPS) is 10.0. The van der Waals surface area contributed by atoms with Crippen LogP contribution in [-0.4, -0.2) is 23.3 Å². The van der Waals surface area contributed by atoms with Crippen molar-refractivity contribution in [1.29, 1.82) is 0 Å². The number of nitro groups is 1. The lowest BCUT2D eigenvalue weighted by atomic mass is 10.2. The summed E-state index contributed by atoms with van der Waals surface area (Å²) in [5, 5.41) is 11.0. The van der Waals surface area contributed by atoms with Crippen molar-refractivity contribution in [2.45, 2.75) is 6.92 Å². The highest BCUT2D eigenvalue weighted by Gasteiger charge is 2.16. The van der Waals surface area contributed by atoms with Crippen LogP contribution in [0.1, 0.15) is 15.9 Å². The van der Waals surface area contributed by atoms with E-state index in [1.165, 1.54) is 25.4 Å². The molecule has 1 heterocycles. The van der Waals surface area contributed by atoms with Gasteiger partial charge in [-0.15, -0.1) is 0 Å². The molecule has 2 rings (SSSR count). The van der Waals surface area contributed by atoms with Gasteiger partial charge in [-0.1, -0.05) is 0 Å². The summed E-state index contributed by atoms with van der Waals surface area (Å²) < 4.78 is 10.4. The molecule has 1 aromatic carbocycles. The molecule has 0 aliphatic heterocycles. The van der Waals surface area contributed by atoms with Gasteiger partial charge in [-0.3, -0.25) is 14.9 Å². The third-order valence-corrected chi connectivity index (χ3v) is 2.75. The number of nitrogens with zero attached hydrogens (tertiary/aromatic N) is 2. The summed E-state index contributed by atoms with van der Waals surface area (Å²) in [5.41, 5.74) is 0.885. The lowest BCUT2D eigenvalue weighted by Crippen LogP contribution is -1.96. The molecular weight excluding hydrogens is 276 g/mol. The number of carbonyl (C=O) groups excluding carboxylic acids is 1. The van der Waals surface area contributed by atoms with Crippen LogP contribution in [-0.2, 0) is 0 Å². The fraction of sp³-hybridized carbons (Fsp3) is 0.143. The van der Waals surface area contributed by atoms with Gasteiger partial charge >= 0.3 is 5.69 Å². The molecule has 7 nitrogen and oxygen atoms in total. The van der Waals surface area contributed by atoms with Crippen LogP contribution in [0.3, 0.4) is 0 Å². The van der Waals surface area contributed by atoms with Crippen LogP contribution in [0.15, 0.2) is 30.5 Å². The SMILES string of the molecule is COc1ccc(Oc2ncc(C=O)cc2C)cc1[N+](=O)[O-]. The minimum absolute atomic E-state index is 0.147. The largest absolute Gasteiger partial charge is 0.490 e. The molecule has 0 spiro atoms. The maximum atomic E-state index is 11.0. The molecule has 0 unspecified atom stereocenters. The van der Waals surface area contributed by atoms with E-state index in [-0.39, 0.29) is 23.1 Å². The minimum Gasteiger partial charge on any atom is -0.490 e. The van der Waals surface area contributed by atoms with Gasteiger partial charge in [0.25, 0.3) is 0 Å². The molecule has 0 atom stereocenters. The van der Waals surface area contributed by atoms with Crippen LogP contribution in [0, 0.1) is 17.0 Å². The molecule has 0 saturated heterocycles. The number of hydrogen-bond donors (Lipinski definition) is 0. The lowest BCUT2D eigenvalue weighted by molar-refractivity contribution is -0.385. The van der Waals surface area contributed by atoms with E-state index in [1.807, 2.05) is 0 Å². The summed E-state index contributed by atoms with van der Waals surface area (Å²) >= 11 is 0. The van der Waals surface area contributed by atoms with E-state index in [4.69, 9.17) is 9.47 Å². The summed E-state index contributed by atoms with van der Waals surface area (Å²) in [6.45, 7) is 1.73. The van der Waals surface area contributed by atoms with Crippen molar-refractivity contribution in [3.8, 4) is 17.4 Å². The Morgan fingerprint density at radius 3 is 2.67 bits per heavy atom. The van der Waals surface area contributed by atoms with Crippen molar-refractivity contribution < 1.29 is 19.2 Å². The van der Waals surface area contributed by atoms with Gasteiger partial charge in [0, 0.05) is 17.3 Å². The van der Waals surface area contributed by atoms with Crippen molar-refractivity contribution in [1.82, 2.24) is 4.98 Å². The Morgan fingerprint density at radius 1 is 1.33 bits per heavy atom. The maximum Gasteiger partial charge on any atom is 0.314 e. The van der Waals surface area contributed by atoms with E-state index in [9.17, 15) is 14.9 Å². The number of rotatable bonds is 5. The number of ether oxygens (including phenoxy) is 2. The third-order valence-electron chi connectivity index (χ3n) is 2.75. The minimum atomic E-state index is -0.554. The van der Waals surface area contributed by atoms with Crippen LogP contribution in [0.25, 0.3) is 0 Å². The summed E-state index contributed by atoms with van der Waals surface area (Å²) in [6.07, 6.45) is 2.05. The van der Waals surface area contributed by atoms with Gasteiger partial charge in [0.05, 0.1) is 18.1 Å². The molecule has 108 valence electrons. The number of hydrogen-bond acceptors (Lipinski definition) is 6. The van der Waals surface area contributed by atoms with Crippen LogP contribution in [0.2, 0.25) is 0 Å². The summed E-state index contributed by atoms with van der Waals surface area (Å²) in [7, 11) is 1.35. The van der Waals surface area contributed by atoms with E-state index < -0.39 is 4.92 Å². The number of nitro benzene ring substituents is 1. The van der Waals surface area contributed by atoms with Gasteiger partial charge in [0.2, 0.25) is 5.88 Å². The second-order valence-electron chi connectivity index (χ2n) is 4.20. The van der Waals surface area contributed by atoms with Gasteiger partial charge < -0.3 is 9.47 Å². The zero-order valence-electron chi connectivity index (χ0n) is 11.4. The highest BCUT2D eigenvalue weighted by atomic mass is 16.6. The van der Waals surface area contributed by atoms with Crippen molar-refractivity contribution in [3.05, 3.63) is 51.7 Å². The van der Waals surface area contributed by atoms with Crippen LogP contribution in [0.5, 0.6) is 17.4 Å². The molecule has 0 aliphatic rings. The quantitative estimate of drug-likeness (QED) is 0.477. The number of pyridine rings is 1. The molecule has 0 aliphatic carbocycles. The van der Waals surface area contributed by atoms with E-state index in [0.717, 1.165) is 0 Å². The predicted molar refractivity (Wildman–Crippen MR) is 74.1 cm³/mol. The van der Waals surface area contributed by atoms with Gasteiger partial charge in [-0.2, -0.15) is 0 Å². The van der Waals surface area contributed by atoms with E-state index >= 15 is 0 Å². The van der Waals surface area contributed by atoms with Crippen LogP contribution >= 0.6 is 0 Å². The van der Waals surface area contributed by atoms with Gasteiger partial charge in [0.15, 0.2) is 12.0 Å². The molecular formula is C14H12N2O5. The monoisotopic (exact) mass is 288 g/mol. The molecule has 2 aromatic rings. The van der Waals surface area contributed by atoms with Crippen LogP contribution < -0.4 is 9.47 Å². The second-order valence-corrected chi connectivity index (χ2v) is 4.20. The van der Waals surface area contributed by atoms with Gasteiger partial charge in [0.1, 0.15) is 5.75 Å². The van der Waals surface area contributed by atoms with Crippen molar-refractivity contribution >= 4 is 12.0 Å². The lowest BCUT2D eigenvalue weighted by Gasteiger charge is -2.08. The number of carbonyl (C=O) groups is 1. The summed E-state index contributed by atoms with van der Waals surface area (Å²) in [5.74, 6) is 0.686. The third kappa shape index (κ3) is 3.14. The van der Waals surface area contributed by atoms with E-state index in [1.54, 1.807) is 19.1 Å². The first-order valence-electron chi connectivity index (χ1n) is 5.97. The Bertz CT molecular complexity index is 700. The smallest absolute Gasteiger partial charge is 0.314 e. The Morgan fingerprint density at radius 2 is 2.10 bits per heavy atom. The molecule has 0 bridgehead atoms.